The van der Waals surface area contributed by atoms with Crippen LogP contribution in [0, 0.1) is 0 Å². The van der Waals surface area contributed by atoms with Crippen LogP contribution in [0.1, 0.15) is 0 Å². The maximum absolute atomic E-state index is 13.7. The lowest BCUT2D eigenvalue weighted by Crippen LogP contribution is -2.08. The SMILES string of the molecule is O=P(Oc1cccc(Br)c1Br)(Oc1cccc(Br)c1Br)Oc1cccc(Br)c1Br. The Kier molecular flexibility index (Phi) is 8.37. The van der Waals surface area contributed by atoms with Gasteiger partial charge in [-0.2, -0.15) is 4.57 Å². The lowest BCUT2D eigenvalue weighted by atomic mass is 10.3. The molecule has 0 N–H and O–H groups in total. The number of phosphoric acid groups is 1. The number of hydrogen-bond acceptors (Lipinski definition) is 4. The highest BCUT2D eigenvalue weighted by molar-refractivity contribution is 9.13. The molecular weight excluding hydrogens is 791 g/mol. The van der Waals surface area contributed by atoms with Gasteiger partial charge in [0.25, 0.3) is 0 Å². The third kappa shape index (κ3) is 5.90. The predicted octanol–water partition coefficient (Wildman–Crippen LogP) is 9.91. The molecule has 3 aromatic carbocycles. The smallest absolute Gasteiger partial charge is 0.385 e. The summed E-state index contributed by atoms with van der Waals surface area (Å²) in [5, 5.41) is 0. The van der Waals surface area contributed by atoms with E-state index >= 15 is 0 Å². The number of benzene rings is 3. The van der Waals surface area contributed by atoms with E-state index in [-0.39, 0.29) is 0 Å². The predicted molar refractivity (Wildman–Crippen MR) is 135 cm³/mol. The van der Waals surface area contributed by atoms with E-state index in [0.717, 1.165) is 13.4 Å². The fraction of sp³-hybridized carbons (Fsp3) is 0. The first-order chi connectivity index (χ1) is 13.7. The van der Waals surface area contributed by atoms with Crippen LogP contribution in [-0.2, 0) is 4.57 Å². The van der Waals surface area contributed by atoms with Gasteiger partial charge in [-0.25, -0.2) is 0 Å². The molecule has 11 heteroatoms. The Bertz CT molecular complexity index is 971. The highest BCUT2D eigenvalue weighted by atomic mass is 79.9. The Hall–Kier alpha value is 0.170. The summed E-state index contributed by atoms with van der Waals surface area (Å²) in [5.41, 5.74) is 0. The zero-order valence-corrected chi connectivity index (χ0v) is 24.5. The molecule has 0 heterocycles. The van der Waals surface area contributed by atoms with E-state index < -0.39 is 7.82 Å². The first kappa shape index (κ1) is 23.8. The molecule has 4 nitrogen and oxygen atoms in total. The number of rotatable bonds is 6. The molecule has 152 valence electrons. The Labute approximate surface area is 218 Å². The van der Waals surface area contributed by atoms with Gasteiger partial charge in [-0.3, -0.25) is 0 Å². The summed E-state index contributed by atoms with van der Waals surface area (Å²) in [4.78, 5) is 0. The second-order valence-corrected chi connectivity index (χ2v) is 11.8. The van der Waals surface area contributed by atoms with Crippen LogP contribution in [0.15, 0.2) is 81.4 Å². The summed E-state index contributed by atoms with van der Waals surface area (Å²) in [5.74, 6) is 0.875. The standard InChI is InChI=1S/C18H9Br6O4P/c19-10-4-1-7-13(16(10)22)26-29(25,27-14-8-2-5-11(20)17(14)23)28-15-9-3-6-12(21)18(15)24/h1-9H. The van der Waals surface area contributed by atoms with Gasteiger partial charge in [-0.05, 0) is 132 Å². The van der Waals surface area contributed by atoms with Crippen LogP contribution >= 0.6 is 103 Å². The fourth-order valence-electron chi connectivity index (χ4n) is 2.08. The summed E-state index contributed by atoms with van der Waals surface area (Å²) in [6, 6.07) is 15.7. The van der Waals surface area contributed by atoms with E-state index in [1.807, 2.05) is 18.2 Å². The molecule has 0 aromatic heterocycles. The molecule has 0 atom stereocenters. The highest BCUT2D eigenvalue weighted by Gasteiger charge is 2.36. The van der Waals surface area contributed by atoms with Crippen LogP contribution in [0.4, 0.5) is 0 Å². The number of phosphoric ester groups is 1. The van der Waals surface area contributed by atoms with Crippen LogP contribution in [0.2, 0.25) is 0 Å². The molecule has 0 unspecified atom stereocenters. The van der Waals surface area contributed by atoms with E-state index in [4.69, 9.17) is 13.6 Å². The van der Waals surface area contributed by atoms with Crippen LogP contribution in [0.5, 0.6) is 17.2 Å². The minimum absolute atomic E-state index is 0.292. The maximum atomic E-state index is 13.7. The Morgan fingerprint density at radius 3 is 1.07 bits per heavy atom. The monoisotopic (exact) mass is 794 g/mol. The topological polar surface area (TPSA) is 44.8 Å². The van der Waals surface area contributed by atoms with Gasteiger partial charge in [0, 0.05) is 13.4 Å². The van der Waals surface area contributed by atoms with Crippen molar-refractivity contribution in [1.29, 1.82) is 0 Å². The van der Waals surface area contributed by atoms with Crippen molar-refractivity contribution in [2.75, 3.05) is 0 Å². The minimum atomic E-state index is -4.18. The van der Waals surface area contributed by atoms with Crippen molar-refractivity contribution >= 4 is 103 Å². The Morgan fingerprint density at radius 2 is 0.793 bits per heavy atom. The van der Waals surface area contributed by atoms with E-state index in [9.17, 15) is 4.57 Å². The van der Waals surface area contributed by atoms with Crippen molar-refractivity contribution < 1.29 is 18.1 Å². The normalized spacial score (nSPS) is 11.2. The summed E-state index contributed by atoms with van der Waals surface area (Å²) >= 11 is 20.5. The average Bonchev–Trinajstić information content (AvgIpc) is 2.67. The van der Waals surface area contributed by atoms with E-state index in [0.29, 0.717) is 30.7 Å². The second-order valence-electron chi connectivity index (χ2n) is 5.38. The quantitative estimate of drug-likeness (QED) is 0.233. The molecular formula is C18H9Br6O4P. The van der Waals surface area contributed by atoms with Gasteiger partial charge in [-0.15, -0.1) is 0 Å². The number of halogens is 6. The lowest BCUT2D eigenvalue weighted by molar-refractivity contribution is 0.296. The van der Waals surface area contributed by atoms with Gasteiger partial charge in [-0.1, -0.05) is 18.2 Å². The van der Waals surface area contributed by atoms with Gasteiger partial charge in [0.05, 0.1) is 13.4 Å². The Morgan fingerprint density at radius 1 is 0.517 bits per heavy atom. The van der Waals surface area contributed by atoms with Gasteiger partial charge >= 0.3 is 7.82 Å². The molecule has 29 heavy (non-hydrogen) atoms. The third-order valence-electron chi connectivity index (χ3n) is 3.38. The van der Waals surface area contributed by atoms with Crippen LogP contribution < -0.4 is 13.6 Å². The van der Waals surface area contributed by atoms with Gasteiger partial charge in [0.2, 0.25) is 0 Å². The Balaban J connectivity index is 2.04. The van der Waals surface area contributed by atoms with Gasteiger partial charge in [0.15, 0.2) is 0 Å². The van der Waals surface area contributed by atoms with E-state index in [2.05, 4.69) is 95.6 Å². The molecule has 3 rings (SSSR count). The zero-order chi connectivity index (χ0) is 21.2. The van der Waals surface area contributed by atoms with Crippen LogP contribution in [-0.4, -0.2) is 0 Å². The first-order valence-electron chi connectivity index (χ1n) is 7.71. The van der Waals surface area contributed by atoms with Crippen molar-refractivity contribution in [1.82, 2.24) is 0 Å². The number of hydrogen-bond donors (Lipinski definition) is 0. The summed E-state index contributed by atoms with van der Waals surface area (Å²) < 4.78 is 35.0. The molecule has 0 saturated carbocycles. The molecule has 3 aromatic rings. The van der Waals surface area contributed by atoms with E-state index in [1.54, 1.807) is 36.4 Å². The molecule has 0 radical (unpaired) electrons. The molecule has 0 fully saturated rings. The molecule has 0 bridgehead atoms. The summed E-state index contributed by atoms with van der Waals surface area (Å²) in [6.07, 6.45) is 0. The molecule has 0 spiro atoms. The summed E-state index contributed by atoms with van der Waals surface area (Å²) in [7, 11) is -4.18. The highest BCUT2D eigenvalue weighted by Crippen LogP contribution is 2.54. The van der Waals surface area contributed by atoms with Crippen molar-refractivity contribution in [3.8, 4) is 17.2 Å². The first-order valence-corrected chi connectivity index (χ1v) is 13.9. The van der Waals surface area contributed by atoms with Crippen molar-refractivity contribution in [2.24, 2.45) is 0 Å². The maximum Gasteiger partial charge on any atom is 0.647 e. The van der Waals surface area contributed by atoms with Crippen LogP contribution in [0.25, 0.3) is 0 Å². The van der Waals surface area contributed by atoms with E-state index in [1.165, 1.54) is 0 Å². The lowest BCUT2D eigenvalue weighted by Gasteiger charge is -2.21. The molecule has 0 aliphatic heterocycles. The van der Waals surface area contributed by atoms with Crippen molar-refractivity contribution in [3.05, 3.63) is 81.4 Å². The van der Waals surface area contributed by atoms with Crippen molar-refractivity contribution in [3.63, 3.8) is 0 Å². The minimum Gasteiger partial charge on any atom is -0.385 e. The summed E-state index contributed by atoms with van der Waals surface area (Å²) in [6.45, 7) is 0. The largest absolute Gasteiger partial charge is 0.647 e. The van der Waals surface area contributed by atoms with Gasteiger partial charge < -0.3 is 13.6 Å². The third-order valence-corrected chi connectivity index (χ3v) is 10.7. The van der Waals surface area contributed by atoms with Crippen LogP contribution in [0.3, 0.4) is 0 Å². The average molecular weight is 800 g/mol. The zero-order valence-electron chi connectivity index (χ0n) is 14.0. The second kappa shape index (κ2) is 10.2. The fourth-order valence-corrected chi connectivity index (χ4v) is 5.83. The van der Waals surface area contributed by atoms with Gasteiger partial charge in [0.1, 0.15) is 17.2 Å². The molecule has 0 amide bonds. The molecule has 0 aliphatic carbocycles. The molecule has 0 saturated heterocycles. The molecule has 0 aliphatic rings. The van der Waals surface area contributed by atoms with Crippen molar-refractivity contribution in [2.45, 2.75) is 0 Å².